The highest BCUT2D eigenvalue weighted by Gasteiger charge is 2.33. The second-order valence-corrected chi connectivity index (χ2v) is 5.97. The highest BCUT2D eigenvalue weighted by Crippen LogP contribution is 2.29. The number of alkyl halides is 3. The van der Waals surface area contributed by atoms with Gasteiger partial charge in [-0.3, -0.25) is 10.1 Å². The molecule has 0 saturated heterocycles. The second-order valence-electron chi connectivity index (χ2n) is 5.97. The number of rotatable bonds is 8. The van der Waals surface area contributed by atoms with Gasteiger partial charge in [-0.05, 0) is 19.7 Å². The zero-order valence-electron chi connectivity index (χ0n) is 14.7. The van der Waals surface area contributed by atoms with Crippen LogP contribution < -0.4 is 10.6 Å². The molecule has 0 radical (unpaired) electrons. The van der Waals surface area contributed by atoms with Gasteiger partial charge in [0.1, 0.15) is 5.82 Å². The number of nitro benzene ring substituents is 1. The van der Waals surface area contributed by atoms with Crippen LogP contribution in [0.5, 0.6) is 0 Å². The molecule has 0 saturated carbocycles. The Kier molecular flexibility index (Phi) is 6.50. The van der Waals surface area contributed by atoms with E-state index in [1.54, 1.807) is 6.07 Å². The fourth-order valence-corrected chi connectivity index (χ4v) is 2.13. The summed E-state index contributed by atoms with van der Waals surface area (Å²) in [5, 5.41) is 16.3. The molecule has 1 aromatic heterocycles. The van der Waals surface area contributed by atoms with Gasteiger partial charge in [0.25, 0.3) is 5.69 Å². The monoisotopic (exact) mass is 384 g/mol. The molecule has 8 nitrogen and oxygen atoms in total. The number of nitrogens with zero attached hydrogens (tertiary/aromatic N) is 4. The zero-order valence-corrected chi connectivity index (χ0v) is 14.7. The van der Waals surface area contributed by atoms with Crippen LogP contribution in [0.2, 0.25) is 0 Å². The molecular formula is C16H19F3N6O2. The van der Waals surface area contributed by atoms with Gasteiger partial charge in [-0.25, -0.2) is 4.98 Å². The minimum absolute atomic E-state index is 0.0313. The van der Waals surface area contributed by atoms with Crippen LogP contribution in [0.15, 0.2) is 30.3 Å². The lowest BCUT2D eigenvalue weighted by atomic mass is 10.2. The summed E-state index contributed by atoms with van der Waals surface area (Å²) in [6, 6.07) is 6.61. The first kappa shape index (κ1) is 20.4. The van der Waals surface area contributed by atoms with Gasteiger partial charge >= 0.3 is 6.18 Å². The van der Waals surface area contributed by atoms with E-state index in [0.717, 1.165) is 6.07 Å². The molecule has 27 heavy (non-hydrogen) atoms. The number of nitrogens with one attached hydrogen (secondary N) is 2. The van der Waals surface area contributed by atoms with Gasteiger partial charge in [-0.2, -0.15) is 18.2 Å². The summed E-state index contributed by atoms with van der Waals surface area (Å²) < 4.78 is 39.2. The summed E-state index contributed by atoms with van der Waals surface area (Å²) in [5.41, 5.74) is -0.635. The van der Waals surface area contributed by atoms with E-state index in [1.165, 1.54) is 18.2 Å². The van der Waals surface area contributed by atoms with Gasteiger partial charge in [0, 0.05) is 37.8 Å². The molecular weight excluding hydrogens is 365 g/mol. The predicted molar refractivity (Wildman–Crippen MR) is 94.5 cm³/mol. The third-order valence-corrected chi connectivity index (χ3v) is 3.45. The van der Waals surface area contributed by atoms with E-state index in [0.29, 0.717) is 18.7 Å². The van der Waals surface area contributed by atoms with Crippen LogP contribution >= 0.6 is 0 Å². The highest BCUT2D eigenvalue weighted by atomic mass is 19.4. The lowest BCUT2D eigenvalue weighted by Crippen LogP contribution is -2.22. The molecule has 0 bridgehead atoms. The fourth-order valence-electron chi connectivity index (χ4n) is 2.13. The molecule has 146 valence electrons. The van der Waals surface area contributed by atoms with Crippen molar-refractivity contribution in [3.63, 3.8) is 0 Å². The second kappa shape index (κ2) is 8.62. The van der Waals surface area contributed by atoms with Crippen LogP contribution in [0.3, 0.4) is 0 Å². The lowest BCUT2D eigenvalue weighted by molar-refractivity contribution is -0.384. The van der Waals surface area contributed by atoms with E-state index in [1.807, 2.05) is 19.0 Å². The van der Waals surface area contributed by atoms with Crippen LogP contribution in [0.4, 0.5) is 30.6 Å². The van der Waals surface area contributed by atoms with Gasteiger partial charge in [-0.15, -0.1) is 0 Å². The number of non-ortho nitro benzene ring substituents is 1. The number of hydrogen-bond acceptors (Lipinski definition) is 7. The Labute approximate surface area is 153 Å². The molecule has 2 N–H and O–H groups in total. The molecule has 0 fully saturated rings. The molecule has 0 unspecified atom stereocenters. The van der Waals surface area contributed by atoms with Crippen LogP contribution in [-0.4, -0.2) is 47.0 Å². The average molecular weight is 384 g/mol. The molecule has 0 aliphatic heterocycles. The van der Waals surface area contributed by atoms with Crippen molar-refractivity contribution in [2.45, 2.75) is 12.7 Å². The average Bonchev–Trinajstić information content (AvgIpc) is 2.59. The number of likely N-dealkylation sites (N-methyl/N-ethyl adjacent to an activating group) is 1. The van der Waals surface area contributed by atoms with Crippen LogP contribution in [-0.2, 0) is 12.7 Å². The molecule has 2 aromatic rings. The largest absolute Gasteiger partial charge is 0.433 e. The van der Waals surface area contributed by atoms with Crippen LogP contribution in [0.1, 0.15) is 11.3 Å². The summed E-state index contributed by atoms with van der Waals surface area (Å²) in [7, 11) is 3.67. The number of anilines is 2. The number of hydrogen-bond donors (Lipinski definition) is 2. The first-order valence-electron chi connectivity index (χ1n) is 7.97. The van der Waals surface area contributed by atoms with Crippen molar-refractivity contribution >= 4 is 17.5 Å². The summed E-state index contributed by atoms with van der Waals surface area (Å²) in [5.74, 6) is -0.176. The molecule has 1 heterocycles. The summed E-state index contributed by atoms with van der Waals surface area (Å²) in [6.45, 7) is 1.04. The Bertz CT molecular complexity index is 798. The summed E-state index contributed by atoms with van der Waals surface area (Å²) >= 11 is 0. The number of nitro groups is 1. The Morgan fingerprint density at radius 3 is 2.56 bits per heavy atom. The normalized spacial score (nSPS) is 11.5. The maximum atomic E-state index is 13.1. The van der Waals surface area contributed by atoms with E-state index in [-0.39, 0.29) is 24.0 Å². The van der Waals surface area contributed by atoms with Crippen molar-refractivity contribution in [3.8, 4) is 0 Å². The maximum absolute atomic E-state index is 13.1. The minimum atomic E-state index is -4.62. The Morgan fingerprint density at radius 2 is 1.93 bits per heavy atom. The number of aromatic nitrogens is 2. The fraction of sp³-hybridized carbons (Fsp3) is 0.375. The molecule has 0 amide bonds. The molecule has 0 spiro atoms. The first-order chi connectivity index (χ1) is 12.6. The summed E-state index contributed by atoms with van der Waals surface area (Å²) in [4.78, 5) is 19.7. The van der Waals surface area contributed by atoms with Gasteiger partial charge in [0.05, 0.1) is 4.92 Å². The topological polar surface area (TPSA) is 96.2 Å². The molecule has 11 heteroatoms. The molecule has 0 aliphatic carbocycles. The van der Waals surface area contributed by atoms with E-state index in [4.69, 9.17) is 0 Å². The van der Waals surface area contributed by atoms with E-state index in [2.05, 4.69) is 20.6 Å². The number of halogens is 3. The van der Waals surface area contributed by atoms with E-state index < -0.39 is 16.8 Å². The third kappa shape index (κ3) is 6.37. The van der Waals surface area contributed by atoms with Crippen molar-refractivity contribution in [1.82, 2.24) is 14.9 Å². The van der Waals surface area contributed by atoms with Crippen LogP contribution in [0, 0.1) is 10.1 Å². The lowest BCUT2D eigenvalue weighted by Gasteiger charge is -2.14. The first-order valence-corrected chi connectivity index (χ1v) is 7.97. The van der Waals surface area contributed by atoms with E-state index in [9.17, 15) is 23.3 Å². The van der Waals surface area contributed by atoms with Gasteiger partial charge < -0.3 is 15.5 Å². The van der Waals surface area contributed by atoms with Gasteiger partial charge in [0.15, 0.2) is 5.69 Å². The van der Waals surface area contributed by atoms with Crippen LogP contribution in [0.25, 0.3) is 0 Å². The molecule has 1 aromatic carbocycles. The van der Waals surface area contributed by atoms with Crippen molar-refractivity contribution in [3.05, 3.63) is 51.7 Å². The van der Waals surface area contributed by atoms with Gasteiger partial charge in [-0.1, -0.05) is 12.1 Å². The van der Waals surface area contributed by atoms with Crippen molar-refractivity contribution in [1.29, 1.82) is 0 Å². The maximum Gasteiger partial charge on any atom is 0.433 e. The molecule has 2 rings (SSSR count). The Morgan fingerprint density at radius 1 is 1.19 bits per heavy atom. The van der Waals surface area contributed by atoms with E-state index >= 15 is 0 Å². The number of benzene rings is 1. The van der Waals surface area contributed by atoms with Gasteiger partial charge in [0.2, 0.25) is 5.95 Å². The smallest absolute Gasteiger partial charge is 0.366 e. The summed E-state index contributed by atoms with van der Waals surface area (Å²) in [6.07, 6.45) is -4.62. The van der Waals surface area contributed by atoms with Crippen molar-refractivity contribution < 1.29 is 18.1 Å². The quantitative estimate of drug-likeness (QED) is 0.533. The Balaban J connectivity index is 2.16. The molecule has 0 atom stereocenters. The predicted octanol–water partition coefficient (Wildman–Crippen LogP) is 2.99. The third-order valence-electron chi connectivity index (χ3n) is 3.45. The minimum Gasteiger partial charge on any atom is -0.366 e. The highest BCUT2D eigenvalue weighted by molar-refractivity contribution is 5.44. The van der Waals surface area contributed by atoms with Crippen molar-refractivity contribution in [2.75, 3.05) is 37.8 Å². The van der Waals surface area contributed by atoms with Crippen molar-refractivity contribution in [2.24, 2.45) is 0 Å². The molecule has 0 aliphatic rings. The Hall–Kier alpha value is -2.95. The SMILES string of the molecule is CN(C)CCNc1nc(NCc2cccc([N+](=O)[O-])c2)cc(C(F)(F)F)n1. The standard InChI is InChI=1S/C16H19F3N6O2/c1-24(2)7-6-20-15-22-13(16(17,18)19)9-14(23-15)21-10-11-4-3-5-12(8-11)25(26)27/h3-5,8-9H,6-7,10H2,1-2H3,(H2,20,21,22,23). The zero-order chi connectivity index (χ0) is 20.0.